The number of hydrogen-bond acceptors (Lipinski definition) is 5. The van der Waals surface area contributed by atoms with Crippen molar-refractivity contribution in [1.82, 2.24) is 29.4 Å². The van der Waals surface area contributed by atoms with Gasteiger partial charge in [0, 0.05) is 55.9 Å². The number of piperazine rings is 1. The van der Waals surface area contributed by atoms with Gasteiger partial charge in [-0.15, -0.1) is 0 Å². The van der Waals surface area contributed by atoms with Crippen molar-refractivity contribution in [2.24, 2.45) is 0 Å². The van der Waals surface area contributed by atoms with Crippen molar-refractivity contribution in [3.05, 3.63) is 54.5 Å². The number of aromatic nitrogens is 4. The van der Waals surface area contributed by atoms with Gasteiger partial charge < -0.3 is 4.98 Å². The van der Waals surface area contributed by atoms with E-state index in [1.165, 1.54) is 5.56 Å². The number of sulfonamides is 1. The summed E-state index contributed by atoms with van der Waals surface area (Å²) in [5.74, 6) is 0. The third-order valence-corrected chi connectivity index (χ3v) is 7.21. The molecule has 144 valence electrons. The van der Waals surface area contributed by atoms with Crippen LogP contribution in [0.5, 0.6) is 0 Å². The Bertz CT molecular complexity index is 1240. The van der Waals surface area contributed by atoms with E-state index in [-0.39, 0.29) is 0 Å². The lowest BCUT2D eigenvalue weighted by atomic mass is 10.1. The van der Waals surface area contributed by atoms with Gasteiger partial charge >= 0.3 is 0 Å². The molecule has 1 aliphatic heterocycles. The summed E-state index contributed by atoms with van der Waals surface area (Å²) >= 11 is 0. The summed E-state index contributed by atoms with van der Waals surface area (Å²) in [6.07, 6.45) is 5.00. The van der Waals surface area contributed by atoms with Crippen LogP contribution in [-0.2, 0) is 16.6 Å². The molecule has 4 heterocycles. The lowest BCUT2D eigenvalue weighted by molar-refractivity contribution is 0.181. The minimum atomic E-state index is -3.54. The van der Waals surface area contributed by atoms with Crippen LogP contribution < -0.4 is 0 Å². The van der Waals surface area contributed by atoms with E-state index in [1.54, 1.807) is 28.8 Å². The van der Waals surface area contributed by atoms with Crippen LogP contribution >= 0.6 is 0 Å². The first-order valence-corrected chi connectivity index (χ1v) is 10.6. The van der Waals surface area contributed by atoms with Crippen molar-refractivity contribution >= 4 is 32.0 Å². The Balaban J connectivity index is 1.29. The minimum absolute atomic E-state index is 0.300. The van der Waals surface area contributed by atoms with Crippen molar-refractivity contribution in [3.63, 3.8) is 0 Å². The molecule has 0 bridgehead atoms. The summed E-state index contributed by atoms with van der Waals surface area (Å²) in [6.45, 7) is 3.13. The Morgan fingerprint density at radius 2 is 1.96 bits per heavy atom. The van der Waals surface area contributed by atoms with Crippen LogP contribution in [0.4, 0.5) is 0 Å². The number of benzene rings is 1. The average Bonchev–Trinajstić information content (AvgIpc) is 3.35. The third kappa shape index (κ3) is 2.97. The maximum atomic E-state index is 13.1. The van der Waals surface area contributed by atoms with Crippen LogP contribution in [-0.4, -0.2) is 64.0 Å². The van der Waals surface area contributed by atoms with Gasteiger partial charge in [-0.05, 0) is 23.8 Å². The van der Waals surface area contributed by atoms with Crippen LogP contribution in [0.25, 0.3) is 21.9 Å². The maximum Gasteiger partial charge on any atom is 0.245 e. The Kier molecular flexibility index (Phi) is 4.15. The SMILES string of the molecule is O=S(=O)(c1c[nH]c2ncccc12)N1CCN(Cc2ccc3cn[nH]c3c2)CC1. The first kappa shape index (κ1) is 17.4. The number of pyridine rings is 1. The van der Waals surface area contributed by atoms with Gasteiger partial charge in [-0.2, -0.15) is 9.40 Å². The van der Waals surface area contributed by atoms with Crippen molar-refractivity contribution < 1.29 is 8.42 Å². The highest BCUT2D eigenvalue weighted by molar-refractivity contribution is 7.89. The first-order chi connectivity index (χ1) is 13.6. The van der Waals surface area contributed by atoms with Gasteiger partial charge in [0.1, 0.15) is 10.5 Å². The zero-order chi connectivity index (χ0) is 19.1. The van der Waals surface area contributed by atoms with Crippen LogP contribution in [0.3, 0.4) is 0 Å². The molecule has 0 saturated carbocycles. The summed E-state index contributed by atoms with van der Waals surface area (Å²) in [5.41, 5.74) is 2.80. The van der Waals surface area contributed by atoms with E-state index in [0.717, 1.165) is 17.4 Å². The molecule has 4 aromatic rings. The summed E-state index contributed by atoms with van der Waals surface area (Å²) in [4.78, 5) is 9.71. The smallest absolute Gasteiger partial charge is 0.245 e. The van der Waals surface area contributed by atoms with Gasteiger partial charge in [-0.1, -0.05) is 12.1 Å². The average molecular weight is 396 g/mol. The summed E-state index contributed by atoms with van der Waals surface area (Å²) in [6, 6.07) is 9.79. The Morgan fingerprint density at radius 1 is 1.11 bits per heavy atom. The van der Waals surface area contributed by atoms with E-state index in [4.69, 9.17) is 0 Å². The maximum absolute atomic E-state index is 13.1. The molecule has 1 fully saturated rings. The molecule has 5 rings (SSSR count). The number of fused-ring (bicyclic) bond motifs is 2. The number of rotatable bonds is 4. The molecule has 0 aliphatic carbocycles. The molecule has 1 aliphatic rings. The van der Waals surface area contributed by atoms with Gasteiger partial charge in [-0.3, -0.25) is 10.00 Å². The molecule has 2 N–H and O–H groups in total. The molecular formula is C19H20N6O2S. The van der Waals surface area contributed by atoms with Crippen molar-refractivity contribution in [2.75, 3.05) is 26.2 Å². The zero-order valence-corrected chi connectivity index (χ0v) is 16.0. The summed E-state index contributed by atoms with van der Waals surface area (Å²) in [7, 11) is -3.54. The van der Waals surface area contributed by atoms with Crippen LogP contribution in [0.1, 0.15) is 5.56 Å². The summed E-state index contributed by atoms with van der Waals surface area (Å²) in [5, 5.41) is 8.77. The Hall–Kier alpha value is -2.75. The highest BCUT2D eigenvalue weighted by Crippen LogP contribution is 2.25. The largest absolute Gasteiger partial charge is 0.345 e. The molecule has 1 aromatic carbocycles. The van der Waals surface area contributed by atoms with E-state index in [2.05, 4.69) is 43.3 Å². The van der Waals surface area contributed by atoms with Crippen molar-refractivity contribution in [2.45, 2.75) is 11.4 Å². The second kappa shape index (κ2) is 6.69. The molecule has 0 amide bonds. The number of hydrogen-bond donors (Lipinski definition) is 2. The predicted octanol–water partition coefficient (Wildman–Crippen LogP) is 1.95. The molecule has 3 aromatic heterocycles. The monoisotopic (exact) mass is 396 g/mol. The molecule has 0 radical (unpaired) electrons. The van der Waals surface area contributed by atoms with Gasteiger partial charge in [-0.25, -0.2) is 13.4 Å². The molecule has 0 unspecified atom stereocenters. The molecule has 8 nitrogen and oxygen atoms in total. The van der Waals surface area contributed by atoms with Gasteiger partial charge in [0.15, 0.2) is 0 Å². The molecule has 0 atom stereocenters. The van der Waals surface area contributed by atoms with E-state index in [9.17, 15) is 8.42 Å². The zero-order valence-electron chi connectivity index (χ0n) is 15.2. The highest BCUT2D eigenvalue weighted by atomic mass is 32.2. The third-order valence-electron chi connectivity index (χ3n) is 5.27. The van der Waals surface area contributed by atoms with E-state index in [1.807, 2.05) is 6.20 Å². The standard InChI is InChI=1S/C19H20N6O2S/c26-28(27,18-12-21-19-16(18)2-1-5-20-19)25-8-6-24(7-9-25)13-14-3-4-15-11-22-23-17(15)10-14/h1-5,10-12H,6-9,13H2,(H,20,21)(H,22,23). The van der Waals surface area contributed by atoms with Crippen LogP contribution in [0, 0.1) is 0 Å². The number of H-pyrrole nitrogens is 2. The van der Waals surface area contributed by atoms with E-state index in [0.29, 0.717) is 42.1 Å². The Labute approximate surface area is 162 Å². The van der Waals surface area contributed by atoms with Crippen molar-refractivity contribution in [1.29, 1.82) is 0 Å². The lowest BCUT2D eigenvalue weighted by Gasteiger charge is -2.33. The quantitative estimate of drug-likeness (QED) is 0.549. The molecular weight excluding hydrogens is 376 g/mol. The van der Waals surface area contributed by atoms with Gasteiger partial charge in [0.05, 0.1) is 11.7 Å². The lowest BCUT2D eigenvalue weighted by Crippen LogP contribution is -2.48. The Morgan fingerprint density at radius 3 is 2.82 bits per heavy atom. The number of nitrogens with one attached hydrogen (secondary N) is 2. The topological polar surface area (TPSA) is 98.0 Å². The minimum Gasteiger partial charge on any atom is -0.345 e. The summed E-state index contributed by atoms with van der Waals surface area (Å²) < 4.78 is 27.8. The van der Waals surface area contributed by atoms with Crippen molar-refractivity contribution in [3.8, 4) is 0 Å². The fourth-order valence-electron chi connectivity index (χ4n) is 3.75. The predicted molar refractivity (Wildman–Crippen MR) is 106 cm³/mol. The van der Waals surface area contributed by atoms with Crippen LogP contribution in [0.15, 0.2) is 53.8 Å². The fraction of sp³-hybridized carbons (Fsp3) is 0.263. The molecule has 1 saturated heterocycles. The van der Waals surface area contributed by atoms with E-state index >= 15 is 0 Å². The normalized spacial score (nSPS) is 16.9. The van der Waals surface area contributed by atoms with Crippen LogP contribution in [0.2, 0.25) is 0 Å². The highest BCUT2D eigenvalue weighted by Gasteiger charge is 2.30. The second-order valence-electron chi connectivity index (χ2n) is 7.02. The van der Waals surface area contributed by atoms with Gasteiger partial charge in [0.25, 0.3) is 0 Å². The molecule has 28 heavy (non-hydrogen) atoms. The first-order valence-electron chi connectivity index (χ1n) is 9.18. The van der Waals surface area contributed by atoms with E-state index < -0.39 is 10.0 Å². The number of aromatic amines is 2. The number of nitrogens with zero attached hydrogens (tertiary/aromatic N) is 4. The molecule has 0 spiro atoms. The molecule has 9 heteroatoms. The fourth-order valence-corrected chi connectivity index (χ4v) is 5.32. The second-order valence-corrected chi connectivity index (χ2v) is 8.93. The van der Waals surface area contributed by atoms with Gasteiger partial charge in [0.2, 0.25) is 10.0 Å².